The molecule has 0 radical (unpaired) electrons. The molecule has 4 nitrogen and oxygen atoms in total. The molecule has 6 heteroatoms. The molecule has 0 atom stereocenters. The zero-order valence-electron chi connectivity index (χ0n) is 12.5. The Balaban J connectivity index is 1.79. The van der Waals surface area contributed by atoms with Crippen molar-refractivity contribution in [1.82, 2.24) is 9.99 Å². The van der Waals surface area contributed by atoms with Gasteiger partial charge in [0, 0.05) is 22.4 Å². The van der Waals surface area contributed by atoms with E-state index in [1.54, 1.807) is 24.3 Å². The number of amides is 1. The molecule has 1 N–H and O–H groups in total. The number of hydrazone groups is 1. The lowest BCUT2D eigenvalue weighted by Gasteiger charge is -2.09. The van der Waals surface area contributed by atoms with Gasteiger partial charge in [-0.05, 0) is 42.5 Å². The fourth-order valence-electron chi connectivity index (χ4n) is 2.22. The molecule has 0 unspecified atom stereocenters. The van der Waals surface area contributed by atoms with Crippen LogP contribution in [0.3, 0.4) is 0 Å². The summed E-state index contributed by atoms with van der Waals surface area (Å²) < 4.78 is 16.2. The summed E-state index contributed by atoms with van der Waals surface area (Å²) >= 11 is 3.27. The summed E-state index contributed by atoms with van der Waals surface area (Å²) in [5.41, 5.74) is 3.92. The average Bonchev–Trinajstić information content (AvgIpc) is 3.12. The van der Waals surface area contributed by atoms with E-state index in [-0.39, 0.29) is 11.5 Å². The molecule has 0 saturated heterocycles. The quantitative estimate of drug-likeness (QED) is 0.532. The van der Waals surface area contributed by atoms with Crippen molar-refractivity contribution in [2.24, 2.45) is 5.10 Å². The number of halogens is 2. The van der Waals surface area contributed by atoms with Gasteiger partial charge in [-0.3, -0.25) is 4.79 Å². The molecular formula is C18H13BrFN3O. The fourth-order valence-corrected chi connectivity index (χ4v) is 2.60. The summed E-state index contributed by atoms with van der Waals surface area (Å²) in [4.78, 5) is 12.4. The van der Waals surface area contributed by atoms with Gasteiger partial charge in [-0.15, -0.1) is 0 Å². The van der Waals surface area contributed by atoms with E-state index < -0.39 is 5.82 Å². The standard InChI is InChI=1S/C18H13BrFN3O/c19-14-7-8-16(20)13(11-14)12-21-22-18(24)15-5-1-2-6-17(15)23-9-3-4-10-23/h1-12H,(H,22,24)/b21-12+. The van der Waals surface area contributed by atoms with Gasteiger partial charge in [-0.1, -0.05) is 28.1 Å². The number of nitrogens with zero attached hydrogens (tertiary/aromatic N) is 2. The van der Waals surface area contributed by atoms with Crippen LogP contribution in [0.15, 0.2) is 76.6 Å². The highest BCUT2D eigenvalue weighted by Crippen LogP contribution is 2.15. The van der Waals surface area contributed by atoms with Crippen molar-refractivity contribution in [3.05, 3.63) is 88.4 Å². The van der Waals surface area contributed by atoms with Gasteiger partial charge in [0.25, 0.3) is 5.91 Å². The zero-order valence-corrected chi connectivity index (χ0v) is 14.1. The van der Waals surface area contributed by atoms with Gasteiger partial charge >= 0.3 is 0 Å². The normalized spacial score (nSPS) is 10.9. The van der Waals surface area contributed by atoms with Crippen LogP contribution in [-0.2, 0) is 0 Å². The van der Waals surface area contributed by atoms with E-state index in [1.807, 2.05) is 41.2 Å². The van der Waals surface area contributed by atoms with Gasteiger partial charge in [0.05, 0.1) is 17.5 Å². The van der Waals surface area contributed by atoms with Gasteiger partial charge in [0.15, 0.2) is 0 Å². The van der Waals surface area contributed by atoms with Crippen molar-refractivity contribution < 1.29 is 9.18 Å². The van der Waals surface area contributed by atoms with Gasteiger partial charge in [0.2, 0.25) is 0 Å². The monoisotopic (exact) mass is 385 g/mol. The SMILES string of the molecule is O=C(N/N=C/c1cc(Br)ccc1F)c1ccccc1-n1cccc1. The van der Waals surface area contributed by atoms with E-state index in [2.05, 4.69) is 26.5 Å². The molecule has 0 aliphatic carbocycles. The first-order chi connectivity index (χ1) is 11.6. The second kappa shape index (κ2) is 7.23. The number of aromatic nitrogens is 1. The summed E-state index contributed by atoms with van der Waals surface area (Å²) in [5.74, 6) is -0.783. The number of rotatable bonds is 4. The van der Waals surface area contributed by atoms with Crippen molar-refractivity contribution in [3.63, 3.8) is 0 Å². The highest BCUT2D eigenvalue weighted by Gasteiger charge is 2.11. The molecule has 0 fully saturated rings. The lowest BCUT2D eigenvalue weighted by atomic mass is 10.1. The maximum absolute atomic E-state index is 13.6. The minimum absolute atomic E-state index is 0.281. The topological polar surface area (TPSA) is 46.4 Å². The lowest BCUT2D eigenvalue weighted by molar-refractivity contribution is 0.0955. The van der Waals surface area contributed by atoms with Gasteiger partial charge < -0.3 is 4.57 Å². The zero-order chi connectivity index (χ0) is 16.9. The van der Waals surface area contributed by atoms with Crippen LogP contribution < -0.4 is 5.43 Å². The van der Waals surface area contributed by atoms with Crippen molar-refractivity contribution in [2.45, 2.75) is 0 Å². The van der Waals surface area contributed by atoms with Crippen LogP contribution in [0.2, 0.25) is 0 Å². The Kier molecular flexibility index (Phi) is 4.86. The minimum Gasteiger partial charge on any atom is -0.323 e. The smallest absolute Gasteiger partial charge is 0.273 e. The molecule has 3 rings (SSSR count). The first-order valence-electron chi connectivity index (χ1n) is 7.16. The second-order valence-corrected chi connectivity index (χ2v) is 5.89. The van der Waals surface area contributed by atoms with E-state index in [0.29, 0.717) is 5.56 Å². The molecule has 2 aromatic carbocycles. The molecular weight excluding hydrogens is 373 g/mol. The minimum atomic E-state index is -0.413. The van der Waals surface area contributed by atoms with Crippen LogP contribution in [0, 0.1) is 5.82 Å². The largest absolute Gasteiger partial charge is 0.323 e. The van der Waals surface area contributed by atoms with Crippen LogP contribution in [0.1, 0.15) is 15.9 Å². The molecule has 120 valence electrons. The average molecular weight is 386 g/mol. The number of para-hydroxylation sites is 1. The molecule has 1 aromatic heterocycles. The third-order valence-corrected chi connectivity index (χ3v) is 3.85. The van der Waals surface area contributed by atoms with Crippen LogP contribution >= 0.6 is 15.9 Å². The number of carbonyl (C=O) groups excluding carboxylic acids is 1. The van der Waals surface area contributed by atoms with E-state index in [9.17, 15) is 9.18 Å². The Morgan fingerprint density at radius 1 is 1.12 bits per heavy atom. The van der Waals surface area contributed by atoms with Gasteiger partial charge in [-0.2, -0.15) is 5.10 Å². The summed E-state index contributed by atoms with van der Waals surface area (Å²) in [5, 5.41) is 3.85. The van der Waals surface area contributed by atoms with Crippen molar-refractivity contribution in [1.29, 1.82) is 0 Å². The summed E-state index contributed by atoms with van der Waals surface area (Å²) in [6.07, 6.45) is 4.98. The fraction of sp³-hybridized carbons (Fsp3) is 0. The van der Waals surface area contributed by atoms with E-state index in [4.69, 9.17) is 0 Å². The number of hydrogen-bond acceptors (Lipinski definition) is 2. The maximum Gasteiger partial charge on any atom is 0.273 e. The van der Waals surface area contributed by atoms with Crippen molar-refractivity contribution in [2.75, 3.05) is 0 Å². The third-order valence-electron chi connectivity index (χ3n) is 3.36. The first-order valence-corrected chi connectivity index (χ1v) is 7.95. The van der Waals surface area contributed by atoms with Gasteiger partial charge in [-0.25, -0.2) is 9.82 Å². The molecule has 0 bridgehead atoms. The summed E-state index contributed by atoms with van der Waals surface area (Å²) in [6.45, 7) is 0. The Hall–Kier alpha value is -2.73. The number of benzene rings is 2. The highest BCUT2D eigenvalue weighted by molar-refractivity contribution is 9.10. The van der Waals surface area contributed by atoms with E-state index in [0.717, 1.165) is 10.2 Å². The van der Waals surface area contributed by atoms with Gasteiger partial charge in [0.1, 0.15) is 5.82 Å². The second-order valence-electron chi connectivity index (χ2n) is 4.97. The molecule has 0 aliphatic rings. The molecule has 1 amide bonds. The number of carbonyl (C=O) groups is 1. The third kappa shape index (κ3) is 3.60. The first kappa shape index (κ1) is 16.1. The Bertz CT molecular complexity index is 891. The van der Waals surface area contributed by atoms with Crippen LogP contribution in [0.5, 0.6) is 0 Å². The number of nitrogens with one attached hydrogen (secondary N) is 1. The van der Waals surface area contributed by atoms with Crippen LogP contribution in [-0.4, -0.2) is 16.7 Å². The Labute approximate surface area is 146 Å². The Morgan fingerprint density at radius 3 is 2.67 bits per heavy atom. The van der Waals surface area contributed by atoms with Crippen molar-refractivity contribution >= 4 is 28.1 Å². The Morgan fingerprint density at radius 2 is 1.88 bits per heavy atom. The molecule has 0 aliphatic heterocycles. The molecule has 3 aromatic rings. The molecule has 0 spiro atoms. The van der Waals surface area contributed by atoms with Crippen LogP contribution in [0.25, 0.3) is 5.69 Å². The molecule has 0 saturated carbocycles. The van der Waals surface area contributed by atoms with Crippen molar-refractivity contribution in [3.8, 4) is 5.69 Å². The summed E-state index contributed by atoms with van der Waals surface area (Å²) in [7, 11) is 0. The molecule has 24 heavy (non-hydrogen) atoms. The van der Waals surface area contributed by atoms with Crippen LogP contribution in [0.4, 0.5) is 4.39 Å². The van der Waals surface area contributed by atoms with E-state index >= 15 is 0 Å². The lowest BCUT2D eigenvalue weighted by Crippen LogP contribution is -2.19. The summed E-state index contributed by atoms with van der Waals surface area (Å²) in [6, 6.07) is 15.4. The van der Waals surface area contributed by atoms with E-state index in [1.165, 1.54) is 12.3 Å². The predicted molar refractivity (Wildman–Crippen MR) is 94.9 cm³/mol. The number of hydrogen-bond donors (Lipinski definition) is 1. The predicted octanol–water partition coefficient (Wildman–Crippen LogP) is 4.14. The molecule has 1 heterocycles. The highest BCUT2D eigenvalue weighted by atomic mass is 79.9. The maximum atomic E-state index is 13.6.